The van der Waals surface area contributed by atoms with Crippen LogP contribution in [0.5, 0.6) is 0 Å². The minimum Gasteiger partial charge on any atom is -0.375 e. The third-order valence-corrected chi connectivity index (χ3v) is 4.09. The second kappa shape index (κ2) is 5.13. The molecule has 0 aliphatic heterocycles. The van der Waals surface area contributed by atoms with Gasteiger partial charge in [-0.1, -0.05) is 5.16 Å². The summed E-state index contributed by atoms with van der Waals surface area (Å²) in [5.41, 5.74) is 4.14. The number of rotatable bonds is 4. The Bertz CT molecular complexity index is 805. The standard InChI is InChI=1S/C13H12N4O3S/c1-7-9(8(2)20-16-7)5-14-10-3-4-11-12(15-6-21-11)13(10)17(18)19/h3-4,6,14H,5H2,1-2H3. The third-order valence-electron chi connectivity index (χ3n) is 3.30. The van der Waals surface area contributed by atoms with Gasteiger partial charge in [0.1, 0.15) is 11.4 Å². The molecule has 0 unspecified atom stereocenters. The van der Waals surface area contributed by atoms with Gasteiger partial charge in [0.15, 0.2) is 5.52 Å². The SMILES string of the molecule is Cc1noc(C)c1CNc1ccc2scnc2c1[N+](=O)[O-]. The predicted molar refractivity (Wildman–Crippen MR) is 79.6 cm³/mol. The molecule has 0 atom stereocenters. The molecule has 7 nitrogen and oxygen atoms in total. The second-order valence-electron chi connectivity index (χ2n) is 4.57. The number of nitro benzene ring substituents is 1. The Morgan fingerprint density at radius 1 is 1.43 bits per heavy atom. The molecular formula is C13H12N4O3S. The van der Waals surface area contributed by atoms with Crippen LogP contribution in [0.2, 0.25) is 0 Å². The van der Waals surface area contributed by atoms with Crippen molar-refractivity contribution >= 4 is 32.9 Å². The first-order valence-electron chi connectivity index (χ1n) is 6.24. The molecule has 21 heavy (non-hydrogen) atoms. The van der Waals surface area contributed by atoms with Crippen molar-refractivity contribution in [3.05, 3.63) is 44.8 Å². The van der Waals surface area contributed by atoms with E-state index in [4.69, 9.17) is 4.52 Å². The van der Waals surface area contributed by atoms with Crippen LogP contribution < -0.4 is 5.32 Å². The summed E-state index contributed by atoms with van der Waals surface area (Å²) in [6.07, 6.45) is 0. The molecule has 108 valence electrons. The summed E-state index contributed by atoms with van der Waals surface area (Å²) in [7, 11) is 0. The molecule has 0 aliphatic rings. The molecule has 0 aliphatic carbocycles. The van der Waals surface area contributed by atoms with Crippen molar-refractivity contribution < 1.29 is 9.45 Å². The maximum absolute atomic E-state index is 11.3. The van der Waals surface area contributed by atoms with E-state index >= 15 is 0 Å². The van der Waals surface area contributed by atoms with E-state index in [1.54, 1.807) is 11.6 Å². The molecule has 1 aromatic carbocycles. The first-order valence-corrected chi connectivity index (χ1v) is 7.12. The summed E-state index contributed by atoms with van der Waals surface area (Å²) in [5.74, 6) is 0.706. The molecule has 3 rings (SSSR count). The van der Waals surface area contributed by atoms with Gasteiger partial charge in [0.25, 0.3) is 0 Å². The molecule has 0 saturated heterocycles. The van der Waals surface area contributed by atoms with Gasteiger partial charge < -0.3 is 9.84 Å². The van der Waals surface area contributed by atoms with Crippen LogP contribution in [0, 0.1) is 24.0 Å². The highest BCUT2D eigenvalue weighted by Crippen LogP contribution is 2.34. The number of aryl methyl sites for hydroxylation is 2. The quantitative estimate of drug-likeness (QED) is 0.586. The number of aromatic nitrogens is 2. The lowest BCUT2D eigenvalue weighted by atomic mass is 10.2. The van der Waals surface area contributed by atoms with E-state index in [0.717, 1.165) is 16.0 Å². The van der Waals surface area contributed by atoms with Gasteiger partial charge in [0.05, 0.1) is 20.8 Å². The average Bonchev–Trinajstić information content (AvgIpc) is 3.03. The molecule has 2 aromatic heterocycles. The summed E-state index contributed by atoms with van der Waals surface area (Å²) in [6, 6.07) is 3.53. The van der Waals surface area contributed by atoms with Crippen molar-refractivity contribution in [2.45, 2.75) is 20.4 Å². The van der Waals surface area contributed by atoms with Gasteiger partial charge in [-0.2, -0.15) is 0 Å². The van der Waals surface area contributed by atoms with E-state index in [-0.39, 0.29) is 5.69 Å². The molecular weight excluding hydrogens is 292 g/mol. The van der Waals surface area contributed by atoms with Gasteiger partial charge in [0, 0.05) is 12.1 Å². The van der Waals surface area contributed by atoms with Crippen LogP contribution in [-0.2, 0) is 6.54 Å². The number of nitro groups is 1. The molecule has 3 aromatic rings. The first-order chi connectivity index (χ1) is 10.1. The number of benzene rings is 1. The van der Waals surface area contributed by atoms with E-state index in [9.17, 15) is 10.1 Å². The Labute approximate surface area is 123 Å². The van der Waals surface area contributed by atoms with Crippen LogP contribution in [0.1, 0.15) is 17.0 Å². The number of fused-ring (bicyclic) bond motifs is 1. The zero-order chi connectivity index (χ0) is 15.0. The van der Waals surface area contributed by atoms with Crippen molar-refractivity contribution in [3.63, 3.8) is 0 Å². The number of thiazole rings is 1. The van der Waals surface area contributed by atoms with E-state index < -0.39 is 4.92 Å². The maximum Gasteiger partial charge on any atom is 0.319 e. The van der Waals surface area contributed by atoms with Gasteiger partial charge in [-0.3, -0.25) is 10.1 Å². The summed E-state index contributed by atoms with van der Waals surface area (Å²) >= 11 is 1.38. The van der Waals surface area contributed by atoms with Crippen LogP contribution in [0.3, 0.4) is 0 Å². The van der Waals surface area contributed by atoms with Crippen LogP contribution in [-0.4, -0.2) is 15.1 Å². The van der Waals surface area contributed by atoms with Crippen molar-refractivity contribution in [2.75, 3.05) is 5.32 Å². The highest BCUT2D eigenvalue weighted by Gasteiger charge is 2.21. The molecule has 1 N–H and O–H groups in total. The molecule has 2 heterocycles. The molecule has 0 spiro atoms. The zero-order valence-corrected chi connectivity index (χ0v) is 12.2. The van der Waals surface area contributed by atoms with Gasteiger partial charge >= 0.3 is 5.69 Å². The van der Waals surface area contributed by atoms with Gasteiger partial charge in [-0.05, 0) is 26.0 Å². The number of nitrogens with zero attached hydrogens (tertiary/aromatic N) is 3. The van der Waals surface area contributed by atoms with Crippen molar-refractivity contribution in [1.29, 1.82) is 0 Å². The molecule has 0 bridgehead atoms. The Balaban J connectivity index is 1.97. The van der Waals surface area contributed by atoms with Crippen LogP contribution in [0.25, 0.3) is 10.2 Å². The first kappa shape index (κ1) is 13.5. The van der Waals surface area contributed by atoms with Crippen molar-refractivity contribution in [1.82, 2.24) is 10.1 Å². The molecule has 0 saturated carbocycles. The minimum atomic E-state index is -0.405. The topological polar surface area (TPSA) is 94.1 Å². The highest BCUT2D eigenvalue weighted by molar-refractivity contribution is 7.16. The minimum absolute atomic E-state index is 0.000472. The second-order valence-corrected chi connectivity index (χ2v) is 5.46. The normalized spacial score (nSPS) is 11.0. The van der Waals surface area contributed by atoms with Crippen LogP contribution in [0.4, 0.5) is 11.4 Å². The van der Waals surface area contributed by atoms with Crippen LogP contribution in [0.15, 0.2) is 22.2 Å². The summed E-state index contributed by atoms with van der Waals surface area (Å²) in [5, 5.41) is 18.3. The van der Waals surface area contributed by atoms with E-state index in [0.29, 0.717) is 23.5 Å². The third kappa shape index (κ3) is 2.33. The lowest BCUT2D eigenvalue weighted by Gasteiger charge is -2.07. The smallest absolute Gasteiger partial charge is 0.319 e. The largest absolute Gasteiger partial charge is 0.375 e. The Hall–Kier alpha value is -2.48. The van der Waals surface area contributed by atoms with Gasteiger partial charge in [-0.15, -0.1) is 11.3 Å². The van der Waals surface area contributed by atoms with E-state index in [1.807, 2.05) is 19.9 Å². The fraction of sp³-hybridized carbons (Fsp3) is 0.231. The molecule has 0 radical (unpaired) electrons. The Morgan fingerprint density at radius 2 is 2.24 bits per heavy atom. The van der Waals surface area contributed by atoms with Gasteiger partial charge in [-0.25, -0.2) is 4.98 Å². The van der Waals surface area contributed by atoms with Crippen molar-refractivity contribution in [3.8, 4) is 0 Å². The predicted octanol–water partition coefficient (Wildman–Crippen LogP) is 3.42. The summed E-state index contributed by atoms with van der Waals surface area (Å²) in [6.45, 7) is 4.07. The highest BCUT2D eigenvalue weighted by atomic mass is 32.1. The zero-order valence-electron chi connectivity index (χ0n) is 11.4. The van der Waals surface area contributed by atoms with Crippen LogP contribution >= 0.6 is 11.3 Å². The summed E-state index contributed by atoms with van der Waals surface area (Å²) in [4.78, 5) is 15.0. The Morgan fingerprint density at radius 3 is 2.90 bits per heavy atom. The lowest BCUT2D eigenvalue weighted by molar-refractivity contribution is -0.382. The monoisotopic (exact) mass is 304 g/mol. The number of nitrogens with one attached hydrogen (secondary N) is 1. The fourth-order valence-electron chi connectivity index (χ4n) is 2.18. The number of hydrogen-bond acceptors (Lipinski definition) is 7. The number of hydrogen-bond donors (Lipinski definition) is 1. The molecule has 8 heteroatoms. The molecule has 0 amide bonds. The maximum atomic E-state index is 11.3. The lowest BCUT2D eigenvalue weighted by Crippen LogP contribution is -2.04. The van der Waals surface area contributed by atoms with Gasteiger partial charge in [0.2, 0.25) is 0 Å². The molecule has 0 fully saturated rings. The summed E-state index contributed by atoms with van der Waals surface area (Å²) < 4.78 is 5.88. The fourth-order valence-corrected chi connectivity index (χ4v) is 2.86. The van der Waals surface area contributed by atoms with E-state index in [1.165, 1.54) is 11.3 Å². The number of anilines is 1. The van der Waals surface area contributed by atoms with E-state index in [2.05, 4.69) is 15.5 Å². The Kier molecular flexibility index (Phi) is 3.30. The van der Waals surface area contributed by atoms with Crippen molar-refractivity contribution in [2.24, 2.45) is 0 Å². The average molecular weight is 304 g/mol.